The van der Waals surface area contributed by atoms with Crippen LogP contribution in [-0.2, 0) is 56.1 Å². The van der Waals surface area contributed by atoms with Crippen molar-refractivity contribution in [2.24, 2.45) is 17.8 Å². The van der Waals surface area contributed by atoms with Crippen LogP contribution in [0.15, 0.2) is 170 Å². The molecule has 4 amide bonds. The summed E-state index contributed by atoms with van der Waals surface area (Å²) in [5.41, 5.74) is 14.6. The second-order valence-corrected chi connectivity index (χ2v) is 22.0. The zero-order chi connectivity index (χ0) is 61.8. The molecule has 3 aliphatic carbocycles. The number of carbonyl (C=O) groups excluding carboxylic acids is 7. The second-order valence-electron chi connectivity index (χ2n) is 22.0. The number of esters is 3. The van der Waals surface area contributed by atoms with Crippen LogP contribution in [0, 0.1) is 17.8 Å². The van der Waals surface area contributed by atoms with Gasteiger partial charge in [0.05, 0.1) is 34.4 Å². The van der Waals surface area contributed by atoms with E-state index in [0.29, 0.717) is 30.0 Å². The Bertz CT molecular complexity index is 3320. The van der Waals surface area contributed by atoms with E-state index in [1.54, 1.807) is 30.4 Å². The predicted octanol–water partition coefficient (Wildman–Crippen LogP) is 14.2. The van der Waals surface area contributed by atoms with Gasteiger partial charge in [-0.25, -0.2) is 14.4 Å². The molecule has 0 heterocycles. The van der Waals surface area contributed by atoms with Crippen LogP contribution in [-0.4, -0.2) is 62.9 Å². The van der Waals surface area contributed by atoms with Crippen molar-refractivity contribution in [2.45, 2.75) is 109 Å². The minimum atomic E-state index is -0.431. The summed E-state index contributed by atoms with van der Waals surface area (Å²) in [5.74, 6) is -0.819. The molecule has 9 rings (SSSR count). The Labute approximate surface area is 511 Å². The molecule has 0 unspecified atom stereocenters. The molecule has 3 fully saturated rings. The van der Waals surface area contributed by atoms with E-state index in [1.165, 1.54) is 58.8 Å². The number of methoxy groups -OCH3 is 3. The number of nitrogens with one attached hydrogen (secondary N) is 2. The Morgan fingerprint density at radius 2 is 0.839 bits per heavy atom. The molecule has 3 aliphatic rings. The van der Waals surface area contributed by atoms with E-state index in [-0.39, 0.29) is 41.4 Å². The molecule has 0 aromatic heterocycles. The molecule has 15 heteroatoms. The largest absolute Gasteiger partial charge is 0.466 e. The Morgan fingerprint density at radius 3 is 1.28 bits per heavy atom. The summed E-state index contributed by atoms with van der Waals surface area (Å²) in [7, 11) is 4.03. The van der Waals surface area contributed by atoms with Crippen LogP contribution in [0.25, 0.3) is 18.2 Å². The quantitative estimate of drug-likeness (QED) is 0.0320. The fourth-order valence-electron chi connectivity index (χ4n) is 10.8. The van der Waals surface area contributed by atoms with E-state index in [9.17, 15) is 33.6 Å². The standard InChI is InChI=1S/C31H32N2O4.C24H28N2O3.C17H21NO3/c1-37-29(34)20-17-23-9-8-14-28(21-23)33(31(36)26-12-6-3-7-13-26)22-24-15-18-27(19-16-24)32-30(35)25-10-4-2-5-11-25;1-29-23(27)15-12-18-6-5-9-22(16-18)26(17-19-10-13-21(25)14-11-19)24(28)20-7-3-2-4-8-20;1-21-16(19)11-10-13-6-5-9-15(12-13)18-17(20)14-7-3-2-4-8-14/h2,4-5,8-11,14-21,26H,3,6-7,12-13,22H2,1H3,(H,32,35);5-6,9-16,20H,2-4,7-8,17,25H2,1H3;5-6,9-12,14H,2-4,7-8H2,1H3,(H,18,20)/b20-17+;15-12+;11-10+. The molecule has 6 aromatic rings. The molecule has 0 saturated heterocycles. The monoisotopic (exact) mass is 1180 g/mol. The Kier molecular flexibility index (Phi) is 25.9. The van der Waals surface area contributed by atoms with E-state index in [0.717, 1.165) is 122 Å². The summed E-state index contributed by atoms with van der Waals surface area (Å²) >= 11 is 0. The molecular weight excluding hydrogens is 1090 g/mol. The summed E-state index contributed by atoms with van der Waals surface area (Å²) in [5, 5.41) is 5.88. The fraction of sp³-hybridized carbons (Fsp3) is 0.319. The lowest BCUT2D eigenvalue weighted by Crippen LogP contribution is -2.36. The van der Waals surface area contributed by atoms with Crippen LogP contribution in [0.4, 0.5) is 28.4 Å². The van der Waals surface area contributed by atoms with Gasteiger partial charge >= 0.3 is 17.9 Å². The van der Waals surface area contributed by atoms with Gasteiger partial charge in [-0.15, -0.1) is 0 Å². The molecule has 87 heavy (non-hydrogen) atoms. The highest BCUT2D eigenvalue weighted by molar-refractivity contribution is 6.04. The molecule has 0 radical (unpaired) electrons. The summed E-state index contributed by atoms with van der Waals surface area (Å²) in [6, 6.07) is 47.0. The minimum Gasteiger partial charge on any atom is -0.466 e. The number of hydrogen-bond donors (Lipinski definition) is 3. The predicted molar refractivity (Wildman–Crippen MR) is 345 cm³/mol. The molecule has 0 spiro atoms. The smallest absolute Gasteiger partial charge is 0.330 e. The van der Waals surface area contributed by atoms with Gasteiger partial charge in [0.25, 0.3) is 5.91 Å². The number of ether oxygens (including phenoxy) is 3. The molecule has 4 N–H and O–H groups in total. The van der Waals surface area contributed by atoms with Crippen LogP contribution in [0.3, 0.4) is 0 Å². The maximum absolute atomic E-state index is 13.7. The van der Waals surface area contributed by atoms with Gasteiger partial charge in [0.1, 0.15) is 0 Å². The van der Waals surface area contributed by atoms with E-state index < -0.39 is 17.9 Å². The van der Waals surface area contributed by atoms with Gasteiger partial charge in [-0.1, -0.05) is 137 Å². The zero-order valence-corrected chi connectivity index (χ0v) is 50.2. The molecule has 0 atom stereocenters. The number of benzene rings is 6. The van der Waals surface area contributed by atoms with Crippen LogP contribution in [0.2, 0.25) is 0 Å². The van der Waals surface area contributed by atoms with Gasteiger partial charge < -0.3 is 40.4 Å². The first-order valence-electron chi connectivity index (χ1n) is 30.1. The van der Waals surface area contributed by atoms with Crippen molar-refractivity contribution in [3.8, 4) is 0 Å². The third kappa shape index (κ3) is 21.3. The van der Waals surface area contributed by atoms with Gasteiger partial charge in [0.2, 0.25) is 17.7 Å². The number of nitrogen functional groups attached to an aromatic ring is 1. The number of amides is 4. The first kappa shape index (κ1) is 65.2. The average Bonchev–Trinajstić information content (AvgIpc) is 3.41. The van der Waals surface area contributed by atoms with Crippen molar-refractivity contribution in [1.29, 1.82) is 0 Å². The normalized spacial score (nSPS) is 14.6. The minimum absolute atomic E-state index is 0.00690. The lowest BCUT2D eigenvalue weighted by molar-refractivity contribution is -0.135. The topological polar surface area (TPSA) is 204 Å². The van der Waals surface area contributed by atoms with Crippen molar-refractivity contribution in [2.75, 3.05) is 47.5 Å². The SMILES string of the molecule is COC(=O)/C=C/c1cccc(N(Cc2ccc(N)cc2)C(=O)C2CCCCC2)c1.COC(=O)/C=C/c1cccc(N(Cc2ccc(NC(=O)c3ccccc3)cc2)C(=O)C2CCCCC2)c1.COC(=O)/C=C/c1cccc(NC(=O)C2CCCCC2)c1. The van der Waals surface area contributed by atoms with Crippen LogP contribution in [0.1, 0.15) is 134 Å². The lowest BCUT2D eigenvalue weighted by Gasteiger charge is -2.30. The van der Waals surface area contributed by atoms with Gasteiger partial charge in [-0.3, -0.25) is 19.2 Å². The number of rotatable bonds is 18. The zero-order valence-electron chi connectivity index (χ0n) is 50.2. The Morgan fingerprint density at radius 1 is 0.437 bits per heavy atom. The molecule has 454 valence electrons. The van der Waals surface area contributed by atoms with E-state index in [4.69, 9.17) is 5.73 Å². The molecule has 15 nitrogen and oxygen atoms in total. The van der Waals surface area contributed by atoms with Crippen molar-refractivity contribution in [3.05, 3.63) is 203 Å². The van der Waals surface area contributed by atoms with E-state index in [1.807, 2.05) is 149 Å². The molecule has 0 bridgehead atoms. The Balaban J connectivity index is 0.000000194. The maximum Gasteiger partial charge on any atom is 0.330 e. The van der Waals surface area contributed by atoms with Crippen molar-refractivity contribution in [1.82, 2.24) is 0 Å². The summed E-state index contributed by atoms with van der Waals surface area (Å²) in [6.07, 6.45) is 25.1. The Hall–Kier alpha value is -9.37. The number of hydrogen-bond acceptors (Lipinski definition) is 11. The van der Waals surface area contributed by atoms with Crippen molar-refractivity contribution in [3.63, 3.8) is 0 Å². The lowest BCUT2D eigenvalue weighted by atomic mass is 9.88. The van der Waals surface area contributed by atoms with Crippen LogP contribution >= 0.6 is 0 Å². The van der Waals surface area contributed by atoms with E-state index in [2.05, 4.69) is 24.8 Å². The average molecular weight is 1180 g/mol. The van der Waals surface area contributed by atoms with Crippen LogP contribution < -0.4 is 26.2 Å². The van der Waals surface area contributed by atoms with Gasteiger partial charge in [0.15, 0.2) is 0 Å². The third-order valence-electron chi connectivity index (χ3n) is 15.7. The second kappa shape index (κ2) is 34.6. The summed E-state index contributed by atoms with van der Waals surface area (Å²) in [6.45, 7) is 0.895. The van der Waals surface area contributed by atoms with Crippen molar-refractivity contribution < 1.29 is 47.8 Å². The first-order valence-corrected chi connectivity index (χ1v) is 30.1. The van der Waals surface area contributed by atoms with Gasteiger partial charge in [0, 0.05) is 70.0 Å². The van der Waals surface area contributed by atoms with Crippen LogP contribution in [0.5, 0.6) is 0 Å². The fourth-order valence-corrected chi connectivity index (χ4v) is 10.8. The summed E-state index contributed by atoms with van der Waals surface area (Å²) in [4.78, 5) is 89.4. The highest BCUT2D eigenvalue weighted by Crippen LogP contribution is 2.32. The number of anilines is 5. The highest BCUT2D eigenvalue weighted by atomic mass is 16.5. The van der Waals surface area contributed by atoms with Gasteiger partial charge in [-0.05, 0) is 157 Å². The highest BCUT2D eigenvalue weighted by Gasteiger charge is 2.29. The summed E-state index contributed by atoms with van der Waals surface area (Å²) < 4.78 is 13.9. The third-order valence-corrected chi connectivity index (χ3v) is 15.7. The molecular formula is C72H81N5O10. The number of carbonyl (C=O) groups is 7. The number of nitrogens with zero attached hydrogens (tertiary/aromatic N) is 2. The molecule has 3 saturated carbocycles. The van der Waals surface area contributed by atoms with E-state index >= 15 is 0 Å². The maximum atomic E-state index is 13.7. The molecule has 0 aliphatic heterocycles. The molecule has 6 aromatic carbocycles. The van der Waals surface area contributed by atoms with Gasteiger partial charge in [-0.2, -0.15) is 0 Å². The first-order chi connectivity index (χ1) is 42.3. The number of nitrogens with two attached hydrogens (primary N) is 1. The van der Waals surface area contributed by atoms with Crippen molar-refractivity contribution >= 4 is 88.2 Å².